The van der Waals surface area contributed by atoms with Crippen LogP contribution in [-0.2, 0) is 9.84 Å². The fourth-order valence-corrected chi connectivity index (χ4v) is 4.94. The van der Waals surface area contributed by atoms with Crippen molar-refractivity contribution in [2.45, 2.75) is 35.8 Å². The average molecular weight is 274 g/mol. The summed E-state index contributed by atoms with van der Waals surface area (Å²) in [5.74, 6) is 0.339. The van der Waals surface area contributed by atoms with Crippen LogP contribution in [0.3, 0.4) is 0 Å². The van der Waals surface area contributed by atoms with Gasteiger partial charge in [-0.3, -0.25) is 0 Å². The van der Waals surface area contributed by atoms with Gasteiger partial charge in [0.25, 0.3) is 0 Å². The Bertz CT molecular complexity index is 611. The molecular weight excluding hydrogens is 256 g/mol. The Morgan fingerprint density at radius 3 is 2.68 bits per heavy atom. The van der Waals surface area contributed by atoms with Gasteiger partial charge in [0, 0.05) is 0 Å². The fraction of sp³-hybridized carbons (Fsp3) is 0.375. The molecule has 0 amide bonds. The fourth-order valence-electron chi connectivity index (χ4n) is 3.08. The highest BCUT2D eigenvalue weighted by atomic mass is 32.2. The highest BCUT2D eigenvalue weighted by Crippen LogP contribution is 2.38. The van der Waals surface area contributed by atoms with Crippen molar-refractivity contribution in [2.24, 2.45) is 5.92 Å². The summed E-state index contributed by atoms with van der Waals surface area (Å²) in [6.45, 7) is 0. The third kappa shape index (κ3) is 2.27. The highest BCUT2D eigenvalue weighted by Gasteiger charge is 2.35. The molecule has 0 heterocycles. The molecule has 0 radical (unpaired) electrons. The molecule has 0 aliphatic heterocycles. The lowest BCUT2D eigenvalue weighted by Gasteiger charge is -2.31. The van der Waals surface area contributed by atoms with Gasteiger partial charge in [-0.25, -0.2) is 8.42 Å². The minimum absolute atomic E-state index is 0.339. The predicted octanol–water partition coefficient (Wildman–Crippen LogP) is 3.52. The van der Waals surface area contributed by atoms with Crippen LogP contribution in [0.2, 0.25) is 0 Å². The second kappa shape index (κ2) is 4.97. The first-order valence-electron chi connectivity index (χ1n) is 6.85. The summed E-state index contributed by atoms with van der Waals surface area (Å²) in [6, 6.07) is 8.83. The van der Waals surface area contributed by atoms with E-state index in [0.717, 1.165) is 24.8 Å². The number of hydrogen-bond acceptors (Lipinski definition) is 2. The molecule has 2 aliphatic rings. The zero-order valence-corrected chi connectivity index (χ0v) is 11.6. The second-order valence-electron chi connectivity index (χ2n) is 5.25. The molecule has 1 aromatic rings. The molecule has 100 valence electrons. The van der Waals surface area contributed by atoms with Gasteiger partial charge < -0.3 is 0 Å². The lowest BCUT2D eigenvalue weighted by atomic mass is 9.81. The standard InChI is InChI=1S/C16H18O2S/c17-19(18,14-9-2-1-3-10-14)16-12-6-8-13-7-4-5-11-15(13)16/h1-3,6,8-11,13,16H,4-5,7,12H2/t13-,16-/m1/s1. The van der Waals surface area contributed by atoms with E-state index >= 15 is 0 Å². The second-order valence-corrected chi connectivity index (χ2v) is 7.38. The maximum Gasteiger partial charge on any atom is 0.185 e. The normalized spacial score (nSPS) is 26.6. The molecule has 2 nitrogen and oxygen atoms in total. The molecule has 0 N–H and O–H groups in total. The molecule has 1 aromatic carbocycles. The van der Waals surface area contributed by atoms with Gasteiger partial charge in [-0.2, -0.15) is 0 Å². The van der Waals surface area contributed by atoms with Crippen molar-refractivity contribution in [3.63, 3.8) is 0 Å². The molecule has 0 bridgehead atoms. The summed E-state index contributed by atoms with van der Waals surface area (Å²) >= 11 is 0. The minimum Gasteiger partial charge on any atom is -0.223 e. The Balaban J connectivity index is 2.02. The van der Waals surface area contributed by atoms with Crippen molar-refractivity contribution in [1.29, 1.82) is 0 Å². The number of sulfone groups is 1. The predicted molar refractivity (Wildman–Crippen MR) is 76.6 cm³/mol. The molecule has 0 saturated carbocycles. The molecule has 0 unspecified atom stereocenters. The van der Waals surface area contributed by atoms with E-state index in [9.17, 15) is 8.42 Å². The number of hydrogen-bond donors (Lipinski definition) is 0. The van der Waals surface area contributed by atoms with Gasteiger partial charge in [0.05, 0.1) is 10.1 Å². The van der Waals surface area contributed by atoms with Crippen LogP contribution in [0, 0.1) is 5.92 Å². The molecule has 3 heteroatoms. The molecule has 3 rings (SSSR count). The van der Waals surface area contributed by atoms with E-state index in [1.165, 1.54) is 0 Å². The average Bonchev–Trinajstić information content (AvgIpc) is 2.47. The van der Waals surface area contributed by atoms with Crippen molar-refractivity contribution in [3.8, 4) is 0 Å². The van der Waals surface area contributed by atoms with Crippen molar-refractivity contribution in [2.75, 3.05) is 0 Å². The van der Waals surface area contributed by atoms with Crippen LogP contribution < -0.4 is 0 Å². The van der Waals surface area contributed by atoms with Crippen LogP contribution >= 0.6 is 0 Å². The molecule has 0 spiro atoms. The summed E-state index contributed by atoms with van der Waals surface area (Å²) in [4.78, 5) is 0.445. The van der Waals surface area contributed by atoms with Crippen molar-refractivity contribution in [1.82, 2.24) is 0 Å². The first-order chi connectivity index (χ1) is 9.19. The molecular formula is C16H18O2S. The van der Waals surface area contributed by atoms with Gasteiger partial charge >= 0.3 is 0 Å². The van der Waals surface area contributed by atoms with Crippen LogP contribution in [-0.4, -0.2) is 13.7 Å². The maximum absolute atomic E-state index is 12.8. The zero-order valence-electron chi connectivity index (χ0n) is 10.8. The lowest BCUT2D eigenvalue weighted by Crippen LogP contribution is -2.30. The first-order valence-corrected chi connectivity index (χ1v) is 8.40. The smallest absolute Gasteiger partial charge is 0.185 e. The van der Waals surface area contributed by atoms with Crippen LogP contribution in [0.4, 0.5) is 0 Å². The van der Waals surface area contributed by atoms with Crippen LogP contribution in [0.15, 0.2) is 59.0 Å². The van der Waals surface area contributed by atoms with Crippen molar-refractivity contribution < 1.29 is 8.42 Å². The topological polar surface area (TPSA) is 34.1 Å². The van der Waals surface area contributed by atoms with E-state index < -0.39 is 9.84 Å². The zero-order chi connectivity index (χ0) is 13.3. The van der Waals surface area contributed by atoms with Crippen molar-refractivity contribution >= 4 is 9.84 Å². The molecule has 19 heavy (non-hydrogen) atoms. The summed E-state index contributed by atoms with van der Waals surface area (Å²) in [5, 5.41) is -0.356. The van der Waals surface area contributed by atoms with E-state index in [-0.39, 0.29) is 5.25 Å². The Kier molecular flexibility index (Phi) is 3.31. The first kappa shape index (κ1) is 12.7. The van der Waals surface area contributed by atoms with Gasteiger partial charge in [0.1, 0.15) is 0 Å². The van der Waals surface area contributed by atoms with Gasteiger partial charge in [-0.15, -0.1) is 0 Å². The largest absolute Gasteiger partial charge is 0.223 e. The van der Waals surface area contributed by atoms with E-state index in [0.29, 0.717) is 17.2 Å². The third-order valence-corrected chi connectivity index (χ3v) is 6.21. The molecule has 2 aliphatic carbocycles. The Labute approximate surface area is 114 Å². The Hall–Kier alpha value is -1.35. The summed E-state index contributed by atoms with van der Waals surface area (Å²) < 4.78 is 25.5. The SMILES string of the molecule is O=S(=O)(c1ccccc1)[C@@H]1CC=C[C@H]2CCCC=C12. The summed E-state index contributed by atoms with van der Waals surface area (Å²) in [7, 11) is -3.25. The Morgan fingerprint density at radius 2 is 1.89 bits per heavy atom. The minimum atomic E-state index is -3.25. The van der Waals surface area contributed by atoms with E-state index in [2.05, 4.69) is 12.2 Å². The number of allylic oxidation sites excluding steroid dienone is 3. The van der Waals surface area contributed by atoms with Gasteiger partial charge in [0.15, 0.2) is 9.84 Å². The van der Waals surface area contributed by atoms with Crippen LogP contribution in [0.25, 0.3) is 0 Å². The van der Waals surface area contributed by atoms with Gasteiger partial charge in [0.2, 0.25) is 0 Å². The summed E-state index contributed by atoms with van der Waals surface area (Å²) in [6.07, 6.45) is 10.3. The number of benzene rings is 1. The number of rotatable bonds is 2. The monoisotopic (exact) mass is 274 g/mol. The van der Waals surface area contributed by atoms with E-state index in [1.807, 2.05) is 12.1 Å². The lowest BCUT2D eigenvalue weighted by molar-refractivity contribution is 0.540. The van der Waals surface area contributed by atoms with Crippen molar-refractivity contribution in [3.05, 3.63) is 54.1 Å². The Morgan fingerprint density at radius 1 is 1.11 bits per heavy atom. The molecule has 0 fully saturated rings. The van der Waals surface area contributed by atoms with Crippen LogP contribution in [0.1, 0.15) is 25.7 Å². The number of fused-ring (bicyclic) bond motifs is 1. The molecule has 2 atom stereocenters. The quantitative estimate of drug-likeness (QED) is 0.773. The van der Waals surface area contributed by atoms with E-state index in [4.69, 9.17) is 0 Å². The summed E-state index contributed by atoms with van der Waals surface area (Å²) in [5.41, 5.74) is 1.12. The third-order valence-electron chi connectivity index (χ3n) is 4.06. The van der Waals surface area contributed by atoms with Crippen LogP contribution in [0.5, 0.6) is 0 Å². The molecule has 0 saturated heterocycles. The van der Waals surface area contributed by atoms with Gasteiger partial charge in [-0.05, 0) is 49.3 Å². The molecule has 0 aromatic heterocycles. The highest BCUT2D eigenvalue weighted by molar-refractivity contribution is 7.92. The maximum atomic E-state index is 12.8. The van der Waals surface area contributed by atoms with E-state index in [1.54, 1.807) is 24.3 Å². The van der Waals surface area contributed by atoms with Gasteiger partial charge in [-0.1, -0.05) is 36.4 Å².